The Morgan fingerprint density at radius 2 is 2.00 bits per heavy atom. The minimum atomic E-state index is -1.28. The third-order valence-corrected chi connectivity index (χ3v) is 2.69. The normalized spacial score (nSPS) is 10.1. The number of carboxylic acids is 1. The number of nitro groups is 1. The Bertz CT molecular complexity index is 739. The average Bonchev–Trinajstić information content (AvgIpc) is 2.90. The zero-order valence-electron chi connectivity index (χ0n) is 10.2. The number of amides is 1. The van der Waals surface area contributed by atoms with Crippen molar-refractivity contribution in [3.05, 3.63) is 56.8 Å². The number of anilines is 1. The van der Waals surface area contributed by atoms with E-state index < -0.39 is 22.7 Å². The highest BCUT2D eigenvalue weighted by Gasteiger charge is 2.19. The molecule has 0 radical (unpaired) electrons. The van der Waals surface area contributed by atoms with Crippen LogP contribution < -0.4 is 5.32 Å². The Hall–Kier alpha value is -2.87. The van der Waals surface area contributed by atoms with Crippen molar-refractivity contribution < 1.29 is 24.0 Å². The Morgan fingerprint density at radius 3 is 2.57 bits per heavy atom. The van der Waals surface area contributed by atoms with Crippen molar-refractivity contribution in [3.8, 4) is 0 Å². The zero-order chi connectivity index (χ0) is 15.6. The van der Waals surface area contributed by atoms with Gasteiger partial charge in [-0.3, -0.25) is 14.9 Å². The molecular formula is C12H7ClN2O6. The summed E-state index contributed by atoms with van der Waals surface area (Å²) in [5.41, 5.74) is -0.215. The van der Waals surface area contributed by atoms with Crippen LogP contribution in [0.3, 0.4) is 0 Å². The predicted molar refractivity (Wildman–Crippen MR) is 71.7 cm³/mol. The summed E-state index contributed by atoms with van der Waals surface area (Å²) in [5.74, 6) is -2.99. The number of hydrogen-bond acceptors (Lipinski definition) is 5. The van der Waals surface area contributed by atoms with Gasteiger partial charge in [0.1, 0.15) is 4.92 Å². The van der Waals surface area contributed by atoms with Crippen molar-refractivity contribution in [3.63, 3.8) is 0 Å². The second-order valence-electron chi connectivity index (χ2n) is 3.84. The highest BCUT2D eigenvalue weighted by molar-refractivity contribution is 6.31. The quantitative estimate of drug-likeness (QED) is 0.661. The summed E-state index contributed by atoms with van der Waals surface area (Å²) < 4.78 is 4.72. The van der Waals surface area contributed by atoms with Gasteiger partial charge in [0.2, 0.25) is 0 Å². The second kappa shape index (κ2) is 5.63. The van der Waals surface area contributed by atoms with Gasteiger partial charge in [0.25, 0.3) is 5.91 Å². The number of hydrogen-bond donors (Lipinski definition) is 2. The molecule has 21 heavy (non-hydrogen) atoms. The Balaban J connectivity index is 2.27. The van der Waals surface area contributed by atoms with Crippen LogP contribution in [0.2, 0.25) is 5.02 Å². The van der Waals surface area contributed by atoms with Crippen molar-refractivity contribution in [2.24, 2.45) is 0 Å². The van der Waals surface area contributed by atoms with E-state index in [1.165, 1.54) is 18.2 Å². The molecule has 0 saturated carbocycles. The van der Waals surface area contributed by atoms with Gasteiger partial charge in [-0.15, -0.1) is 0 Å². The fourth-order valence-electron chi connectivity index (χ4n) is 1.53. The largest absolute Gasteiger partial charge is 0.478 e. The third kappa shape index (κ3) is 3.18. The Labute approximate surface area is 122 Å². The van der Waals surface area contributed by atoms with Crippen LogP contribution in [0.25, 0.3) is 0 Å². The number of benzene rings is 1. The molecule has 0 unspecified atom stereocenters. The van der Waals surface area contributed by atoms with Gasteiger partial charge in [-0.25, -0.2) is 4.79 Å². The summed E-state index contributed by atoms with van der Waals surface area (Å²) in [6.45, 7) is 0. The molecule has 2 rings (SSSR count). The maximum Gasteiger partial charge on any atom is 0.433 e. The summed E-state index contributed by atoms with van der Waals surface area (Å²) in [5, 5.41) is 22.0. The number of halogens is 1. The fourth-order valence-corrected chi connectivity index (χ4v) is 1.71. The van der Waals surface area contributed by atoms with E-state index in [-0.39, 0.29) is 22.0 Å². The number of furan rings is 1. The SMILES string of the molecule is O=C(Nc1ccc(Cl)cc1C(=O)O)c1ccc([N+](=O)[O-])o1. The van der Waals surface area contributed by atoms with E-state index in [4.69, 9.17) is 21.1 Å². The fraction of sp³-hybridized carbons (Fsp3) is 0. The predicted octanol–water partition coefficient (Wildman–Crippen LogP) is 2.79. The standard InChI is InChI=1S/C12H7ClN2O6/c13-6-1-2-8(7(5-6)12(17)18)14-11(16)9-3-4-10(21-9)15(19)20/h1-5H,(H,14,16)(H,17,18). The van der Waals surface area contributed by atoms with Crippen LogP contribution in [0.15, 0.2) is 34.7 Å². The average molecular weight is 311 g/mol. The summed E-state index contributed by atoms with van der Waals surface area (Å²) in [6, 6.07) is 6.01. The van der Waals surface area contributed by atoms with E-state index in [0.717, 1.165) is 12.1 Å². The van der Waals surface area contributed by atoms with Gasteiger partial charge in [0.05, 0.1) is 17.3 Å². The van der Waals surface area contributed by atoms with Gasteiger partial charge in [-0.1, -0.05) is 11.6 Å². The molecule has 8 nitrogen and oxygen atoms in total. The molecule has 0 aliphatic heterocycles. The molecule has 0 aliphatic rings. The topological polar surface area (TPSA) is 123 Å². The lowest BCUT2D eigenvalue weighted by Crippen LogP contribution is -2.14. The van der Waals surface area contributed by atoms with E-state index in [0.29, 0.717) is 0 Å². The summed E-state index contributed by atoms with van der Waals surface area (Å²) in [7, 11) is 0. The Kier molecular flexibility index (Phi) is 3.90. The number of rotatable bonds is 4. The molecule has 9 heteroatoms. The highest BCUT2D eigenvalue weighted by atomic mass is 35.5. The molecule has 2 aromatic rings. The number of nitrogens with one attached hydrogen (secondary N) is 1. The Morgan fingerprint density at radius 1 is 1.29 bits per heavy atom. The lowest BCUT2D eigenvalue weighted by atomic mass is 10.1. The molecule has 2 N–H and O–H groups in total. The smallest absolute Gasteiger partial charge is 0.433 e. The number of aromatic carboxylic acids is 1. The van der Waals surface area contributed by atoms with Gasteiger partial charge < -0.3 is 14.8 Å². The number of carbonyl (C=O) groups excluding carboxylic acids is 1. The number of carboxylic acid groups (broad SMARTS) is 1. The molecule has 108 valence electrons. The van der Waals surface area contributed by atoms with Crippen LogP contribution in [0.5, 0.6) is 0 Å². The van der Waals surface area contributed by atoms with Crippen molar-refractivity contribution in [2.75, 3.05) is 5.32 Å². The van der Waals surface area contributed by atoms with E-state index in [1.54, 1.807) is 0 Å². The number of carbonyl (C=O) groups is 2. The van der Waals surface area contributed by atoms with Crippen molar-refractivity contribution >= 4 is 35.0 Å². The van der Waals surface area contributed by atoms with Crippen LogP contribution in [-0.2, 0) is 0 Å². The maximum absolute atomic E-state index is 11.9. The highest BCUT2D eigenvalue weighted by Crippen LogP contribution is 2.22. The molecule has 1 amide bonds. The first kappa shape index (κ1) is 14.5. The van der Waals surface area contributed by atoms with Gasteiger partial charge in [-0.05, 0) is 24.3 Å². The van der Waals surface area contributed by atoms with E-state index >= 15 is 0 Å². The monoisotopic (exact) mass is 310 g/mol. The van der Waals surface area contributed by atoms with Crippen LogP contribution in [0, 0.1) is 10.1 Å². The summed E-state index contributed by atoms with van der Waals surface area (Å²) in [4.78, 5) is 32.6. The molecule has 0 atom stereocenters. The molecule has 0 fully saturated rings. The van der Waals surface area contributed by atoms with Crippen molar-refractivity contribution in [2.45, 2.75) is 0 Å². The molecule has 0 aliphatic carbocycles. The minimum absolute atomic E-state index is 0.00375. The van der Waals surface area contributed by atoms with Crippen LogP contribution >= 0.6 is 11.6 Å². The maximum atomic E-state index is 11.9. The zero-order valence-corrected chi connectivity index (χ0v) is 11.0. The van der Waals surface area contributed by atoms with E-state index in [2.05, 4.69) is 5.32 Å². The summed E-state index contributed by atoms with van der Waals surface area (Å²) in [6.07, 6.45) is 0. The van der Waals surface area contributed by atoms with Crippen LogP contribution in [0.1, 0.15) is 20.9 Å². The van der Waals surface area contributed by atoms with Crippen molar-refractivity contribution in [1.82, 2.24) is 0 Å². The lowest BCUT2D eigenvalue weighted by molar-refractivity contribution is -0.402. The van der Waals surface area contributed by atoms with E-state index in [1.807, 2.05) is 0 Å². The molecule has 1 heterocycles. The molecule has 0 bridgehead atoms. The molecule has 1 aromatic carbocycles. The molecule has 0 spiro atoms. The molecule has 0 saturated heterocycles. The van der Waals surface area contributed by atoms with E-state index in [9.17, 15) is 19.7 Å². The van der Waals surface area contributed by atoms with Gasteiger partial charge >= 0.3 is 11.9 Å². The van der Waals surface area contributed by atoms with Gasteiger partial charge in [0.15, 0.2) is 5.76 Å². The minimum Gasteiger partial charge on any atom is -0.478 e. The van der Waals surface area contributed by atoms with Gasteiger partial charge in [-0.2, -0.15) is 0 Å². The molecule has 1 aromatic heterocycles. The lowest BCUT2D eigenvalue weighted by Gasteiger charge is -2.07. The second-order valence-corrected chi connectivity index (χ2v) is 4.28. The number of nitrogens with zero attached hydrogens (tertiary/aromatic N) is 1. The first-order valence-electron chi connectivity index (χ1n) is 5.47. The van der Waals surface area contributed by atoms with Crippen molar-refractivity contribution in [1.29, 1.82) is 0 Å². The van der Waals surface area contributed by atoms with Gasteiger partial charge in [0, 0.05) is 5.02 Å². The van der Waals surface area contributed by atoms with Crippen LogP contribution in [0.4, 0.5) is 11.6 Å². The van der Waals surface area contributed by atoms with Crippen LogP contribution in [-0.4, -0.2) is 21.9 Å². The third-order valence-electron chi connectivity index (χ3n) is 2.46. The molecular weight excluding hydrogens is 304 g/mol. The summed E-state index contributed by atoms with van der Waals surface area (Å²) >= 11 is 5.68. The first-order valence-corrected chi connectivity index (χ1v) is 5.84. The first-order chi connectivity index (χ1) is 9.88.